The van der Waals surface area contributed by atoms with Crippen LogP contribution in [0.2, 0.25) is 0 Å². The fourth-order valence-corrected chi connectivity index (χ4v) is 5.52. The third-order valence-electron chi connectivity index (χ3n) is 7.81. The summed E-state index contributed by atoms with van der Waals surface area (Å²) in [6.07, 6.45) is 3.67. The highest BCUT2D eigenvalue weighted by Crippen LogP contribution is 2.46. The van der Waals surface area contributed by atoms with Crippen LogP contribution in [-0.2, 0) is 21.4 Å². The van der Waals surface area contributed by atoms with Crippen LogP contribution in [0, 0.1) is 17.6 Å². The van der Waals surface area contributed by atoms with Crippen molar-refractivity contribution in [2.24, 2.45) is 5.92 Å². The van der Waals surface area contributed by atoms with E-state index < -0.39 is 28.9 Å². The number of nitrogens with one attached hydrogen (secondary N) is 1. The predicted molar refractivity (Wildman–Crippen MR) is 141 cm³/mol. The summed E-state index contributed by atoms with van der Waals surface area (Å²) >= 11 is 0. The second-order valence-corrected chi connectivity index (χ2v) is 11.0. The lowest BCUT2D eigenvalue weighted by atomic mass is 9.64. The van der Waals surface area contributed by atoms with Gasteiger partial charge in [0.1, 0.15) is 11.6 Å². The Balaban J connectivity index is 1.70. The summed E-state index contributed by atoms with van der Waals surface area (Å²) in [5.41, 5.74) is 1.22. The molecule has 1 saturated heterocycles. The SMILES string of the molecule is CC(C)CN(c1ccc(C2(C(=O)O)CCC2)cc1NC(=O)Cc1ccc(F)cc1F)C1CCN(C)CC1. The van der Waals surface area contributed by atoms with E-state index in [0.29, 0.717) is 30.0 Å². The van der Waals surface area contributed by atoms with Gasteiger partial charge in [-0.05, 0) is 81.1 Å². The van der Waals surface area contributed by atoms with Gasteiger partial charge in [-0.15, -0.1) is 0 Å². The van der Waals surface area contributed by atoms with Crippen LogP contribution >= 0.6 is 0 Å². The molecule has 0 atom stereocenters. The molecule has 1 aliphatic carbocycles. The molecule has 0 spiro atoms. The highest BCUT2D eigenvalue weighted by atomic mass is 19.1. The monoisotopic (exact) mass is 513 g/mol. The first-order valence-corrected chi connectivity index (χ1v) is 13.2. The average Bonchev–Trinajstić information content (AvgIpc) is 2.79. The van der Waals surface area contributed by atoms with Gasteiger partial charge in [-0.25, -0.2) is 8.78 Å². The first-order chi connectivity index (χ1) is 17.6. The van der Waals surface area contributed by atoms with Gasteiger partial charge in [0.2, 0.25) is 5.91 Å². The molecule has 2 aromatic rings. The largest absolute Gasteiger partial charge is 0.481 e. The first kappa shape index (κ1) is 27.0. The van der Waals surface area contributed by atoms with Gasteiger partial charge in [0.25, 0.3) is 0 Å². The molecule has 37 heavy (non-hydrogen) atoms. The van der Waals surface area contributed by atoms with Crippen molar-refractivity contribution < 1.29 is 23.5 Å². The van der Waals surface area contributed by atoms with E-state index in [1.807, 2.05) is 12.1 Å². The fraction of sp³-hybridized carbons (Fsp3) is 0.517. The van der Waals surface area contributed by atoms with Crippen LogP contribution in [0.25, 0.3) is 0 Å². The topological polar surface area (TPSA) is 72.9 Å². The van der Waals surface area contributed by atoms with E-state index in [4.69, 9.17) is 0 Å². The van der Waals surface area contributed by atoms with Gasteiger partial charge < -0.3 is 20.2 Å². The van der Waals surface area contributed by atoms with E-state index >= 15 is 0 Å². The summed E-state index contributed by atoms with van der Waals surface area (Å²) in [7, 11) is 2.11. The summed E-state index contributed by atoms with van der Waals surface area (Å²) in [6, 6.07) is 9.09. The number of rotatable bonds is 9. The van der Waals surface area contributed by atoms with Gasteiger partial charge in [-0.3, -0.25) is 9.59 Å². The molecule has 1 amide bonds. The maximum Gasteiger partial charge on any atom is 0.314 e. The standard InChI is InChI=1S/C29H37F2N3O3/c1-19(2)18-34(23-9-13-33(3)14-10-23)26-8-6-21(29(28(36)37)11-4-12-29)16-25(26)32-27(35)15-20-5-7-22(30)17-24(20)31/h5-8,16-17,19,23H,4,9-15,18H2,1-3H3,(H,32,35)(H,36,37). The van der Waals surface area contributed by atoms with Gasteiger partial charge in [0, 0.05) is 18.7 Å². The number of piperidine rings is 1. The summed E-state index contributed by atoms with van der Waals surface area (Å²) in [5, 5.41) is 13.0. The van der Waals surface area contributed by atoms with Crippen molar-refractivity contribution in [3.63, 3.8) is 0 Å². The Hall–Kier alpha value is -3.00. The molecule has 1 saturated carbocycles. The number of halogens is 2. The van der Waals surface area contributed by atoms with Gasteiger partial charge in [-0.2, -0.15) is 0 Å². The number of carboxylic acid groups (broad SMARTS) is 1. The van der Waals surface area contributed by atoms with Crippen LogP contribution < -0.4 is 10.2 Å². The Morgan fingerprint density at radius 1 is 1.14 bits per heavy atom. The fourth-order valence-electron chi connectivity index (χ4n) is 5.52. The number of hydrogen-bond acceptors (Lipinski definition) is 4. The molecule has 0 unspecified atom stereocenters. The summed E-state index contributed by atoms with van der Waals surface area (Å²) in [6.45, 7) is 7.04. The van der Waals surface area contributed by atoms with E-state index in [2.05, 4.69) is 36.0 Å². The van der Waals surface area contributed by atoms with Crippen molar-refractivity contribution in [2.45, 2.75) is 63.8 Å². The van der Waals surface area contributed by atoms with Crippen LogP contribution in [0.15, 0.2) is 36.4 Å². The smallest absolute Gasteiger partial charge is 0.314 e. The predicted octanol–water partition coefficient (Wildman–Crippen LogP) is 5.21. The van der Waals surface area contributed by atoms with Crippen molar-refractivity contribution in [1.82, 2.24) is 4.90 Å². The van der Waals surface area contributed by atoms with E-state index in [9.17, 15) is 23.5 Å². The van der Waals surface area contributed by atoms with E-state index in [0.717, 1.165) is 56.7 Å². The summed E-state index contributed by atoms with van der Waals surface area (Å²) < 4.78 is 27.6. The number of amides is 1. The maximum absolute atomic E-state index is 14.2. The number of hydrogen-bond donors (Lipinski definition) is 2. The van der Waals surface area contributed by atoms with E-state index in [-0.39, 0.29) is 18.0 Å². The molecular weight excluding hydrogens is 476 g/mol. The third-order valence-corrected chi connectivity index (χ3v) is 7.81. The van der Waals surface area contributed by atoms with Crippen molar-refractivity contribution in [3.05, 3.63) is 59.2 Å². The quantitative estimate of drug-likeness (QED) is 0.482. The van der Waals surface area contributed by atoms with Crippen LogP contribution in [0.5, 0.6) is 0 Å². The van der Waals surface area contributed by atoms with Crippen LogP contribution in [0.4, 0.5) is 20.2 Å². The minimum atomic E-state index is -0.947. The van der Waals surface area contributed by atoms with Crippen LogP contribution in [0.3, 0.4) is 0 Å². The number of likely N-dealkylation sites (tertiary alicyclic amines) is 1. The molecule has 2 N–H and O–H groups in total. The number of benzene rings is 2. The van der Waals surface area contributed by atoms with E-state index in [1.165, 1.54) is 6.07 Å². The normalized spacial score (nSPS) is 17.9. The van der Waals surface area contributed by atoms with Crippen molar-refractivity contribution >= 4 is 23.3 Å². The highest BCUT2D eigenvalue weighted by Gasteiger charge is 2.46. The zero-order valence-corrected chi connectivity index (χ0v) is 21.9. The average molecular weight is 514 g/mol. The molecule has 0 aromatic heterocycles. The Bertz CT molecular complexity index is 1140. The second-order valence-electron chi connectivity index (χ2n) is 11.0. The minimum Gasteiger partial charge on any atom is -0.481 e. The summed E-state index contributed by atoms with van der Waals surface area (Å²) in [4.78, 5) is 30.0. The molecule has 0 bridgehead atoms. The number of anilines is 2. The van der Waals surface area contributed by atoms with Gasteiger partial charge >= 0.3 is 5.97 Å². The lowest BCUT2D eigenvalue weighted by Crippen LogP contribution is -2.46. The summed E-state index contributed by atoms with van der Waals surface area (Å²) in [5.74, 6) is -2.38. The first-order valence-electron chi connectivity index (χ1n) is 13.2. The zero-order valence-electron chi connectivity index (χ0n) is 21.9. The molecule has 6 nitrogen and oxygen atoms in total. The van der Waals surface area contributed by atoms with Crippen LogP contribution in [0.1, 0.15) is 57.1 Å². The minimum absolute atomic E-state index is 0.104. The molecule has 1 aliphatic heterocycles. The molecule has 200 valence electrons. The maximum atomic E-state index is 14.2. The van der Waals surface area contributed by atoms with Crippen molar-refractivity contribution in [1.29, 1.82) is 0 Å². The Morgan fingerprint density at radius 2 is 1.84 bits per heavy atom. The third kappa shape index (κ3) is 5.95. The van der Waals surface area contributed by atoms with Crippen molar-refractivity contribution in [3.8, 4) is 0 Å². The molecule has 1 heterocycles. The Labute approximate surface area is 217 Å². The van der Waals surface area contributed by atoms with Gasteiger partial charge in [0.05, 0.1) is 23.2 Å². The highest BCUT2D eigenvalue weighted by molar-refractivity contribution is 5.96. The van der Waals surface area contributed by atoms with Gasteiger partial charge in [-0.1, -0.05) is 32.4 Å². The zero-order chi connectivity index (χ0) is 26.7. The molecule has 2 aliphatic rings. The number of aliphatic carboxylic acids is 1. The van der Waals surface area contributed by atoms with E-state index in [1.54, 1.807) is 6.07 Å². The molecular formula is C29H37F2N3O3. The van der Waals surface area contributed by atoms with Crippen molar-refractivity contribution in [2.75, 3.05) is 36.9 Å². The molecule has 4 rings (SSSR count). The molecule has 2 fully saturated rings. The number of nitrogens with zero attached hydrogens (tertiary/aromatic N) is 2. The molecule has 8 heteroatoms. The number of carbonyl (C=O) groups excluding carboxylic acids is 1. The number of carboxylic acids is 1. The molecule has 2 aromatic carbocycles. The van der Waals surface area contributed by atoms with Crippen LogP contribution in [-0.4, -0.2) is 54.6 Å². The Kier molecular flexibility index (Phi) is 8.17. The molecule has 0 radical (unpaired) electrons. The lowest BCUT2D eigenvalue weighted by Gasteiger charge is -2.42. The van der Waals surface area contributed by atoms with Gasteiger partial charge in [0.15, 0.2) is 0 Å². The second kappa shape index (κ2) is 11.2. The Morgan fingerprint density at radius 3 is 2.41 bits per heavy atom. The lowest BCUT2D eigenvalue weighted by molar-refractivity contribution is -0.147. The number of carbonyl (C=O) groups is 2.